The molecule has 1 heterocycles. The molecule has 0 aromatic rings. The lowest BCUT2D eigenvalue weighted by atomic mass is 11.4. The van der Waals surface area contributed by atoms with Crippen LogP contribution >= 0.6 is 0 Å². The molecule has 0 unspecified atom stereocenters. The maximum Gasteiger partial charge on any atom is 0.890 e. The highest BCUT2D eigenvalue weighted by molar-refractivity contribution is 6.31. The fraction of sp³-hybridized carbons (Fsp3) is 0. The van der Waals surface area contributed by atoms with Crippen LogP contribution in [0.1, 0.15) is 0 Å². The Bertz CT molecular complexity index is 53.9. The highest BCUT2D eigenvalue weighted by atomic mass is 27.2. The van der Waals surface area contributed by atoms with Crippen LogP contribution in [0.25, 0.3) is 0 Å². The Morgan fingerprint density at radius 2 is 2.00 bits per heavy atom. The zero-order chi connectivity index (χ0) is 3.70. The van der Waals surface area contributed by atoms with Crippen molar-refractivity contribution in [1.82, 2.24) is 0 Å². The molecular formula is CAlO3. The van der Waals surface area contributed by atoms with Crippen molar-refractivity contribution in [3.63, 3.8) is 0 Å². The second kappa shape index (κ2) is 0.887. The minimum absolute atomic E-state index is 0.420. The van der Waals surface area contributed by atoms with Crippen molar-refractivity contribution >= 4 is 22.0 Å². The first kappa shape index (κ1) is 3.01. The van der Waals surface area contributed by atoms with Crippen molar-refractivity contribution in [3.05, 3.63) is 0 Å². The summed E-state index contributed by atoms with van der Waals surface area (Å²) in [4.78, 5) is 9.48. The van der Waals surface area contributed by atoms with Crippen LogP contribution in [0.15, 0.2) is 0 Å². The highest BCUT2D eigenvalue weighted by Gasteiger charge is 2.22. The van der Waals surface area contributed by atoms with Crippen LogP contribution < -0.4 is 0 Å². The van der Waals surface area contributed by atoms with Crippen molar-refractivity contribution in [2.45, 2.75) is 0 Å². The summed E-state index contributed by atoms with van der Waals surface area (Å²) in [6.45, 7) is 0. The van der Waals surface area contributed by atoms with Crippen LogP contribution in [0, 0.1) is 0 Å². The Morgan fingerprint density at radius 3 is 2.00 bits per heavy atom. The van der Waals surface area contributed by atoms with Crippen LogP contribution in [-0.4, -0.2) is 22.0 Å². The van der Waals surface area contributed by atoms with Crippen LogP contribution in [0.2, 0.25) is 0 Å². The maximum atomic E-state index is 9.48. The van der Waals surface area contributed by atoms with Gasteiger partial charge in [-0.1, -0.05) is 0 Å². The largest absolute Gasteiger partial charge is 0.890 e. The lowest BCUT2D eigenvalue weighted by Crippen LogP contribution is -2.25. The van der Waals surface area contributed by atoms with Gasteiger partial charge in [0, 0.05) is 0 Å². The van der Waals surface area contributed by atoms with Crippen LogP contribution in [0.4, 0.5) is 4.79 Å². The van der Waals surface area contributed by atoms with Gasteiger partial charge in [-0.3, -0.25) is 0 Å². The van der Waals surface area contributed by atoms with Gasteiger partial charge < -0.3 is 7.58 Å². The summed E-state index contributed by atoms with van der Waals surface area (Å²) >= 11 is -0.420. The van der Waals surface area contributed by atoms with Gasteiger partial charge in [-0.25, -0.2) is 4.79 Å². The van der Waals surface area contributed by atoms with Gasteiger partial charge in [0.05, 0.1) is 0 Å². The molecule has 1 saturated heterocycles. The van der Waals surface area contributed by atoms with Gasteiger partial charge in [-0.05, 0) is 0 Å². The maximum absolute atomic E-state index is 9.48. The summed E-state index contributed by atoms with van der Waals surface area (Å²) in [5, 5.41) is 0. The molecule has 0 aromatic carbocycles. The van der Waals surface area contributed by atoms with E-state index in [9.17, 15) is 4.79 Å². The quantitative estimate of drug-likeness (QED) is 0.380. The molecule has 25 valence electrons. The number of rotatable bonds is 0. The third-order valence-electron chi connectivity index (χ3n) is 0.289. The molecule has 0 N–H and O–H groups in total. The van der Waals surface area contributed by atoms with Gasteiger partial charge in [0.25, 0.3) is 0 Å². The van der Waals surface area contributed by atoms with E-state index in [1.165, 1.54) is 0 Å². The smallest absolute Gasteiger partial charge is 0.559 e. The van der Waals surface area contributed by atoms with Crippen molar-refractivity contribution in [2.24, 2.45) is 0 Å². The van der Waals surface area contributed by atoms with E-state index < -0.39 is 22.0 Å². The Kier molecular flexibility index (Phi) is 0.534. The lowest BCUT2D eigenvalue weighted by molar-refractivity contribution is 0.102. The second-order valence-corrected chi connectivity index (χ2v) is 1.25. The second-order valence-electron chi connectivity index (χ2n) is 0.582. The summed E-state index contributed by atoms with van der Waals surface area (Å²) in [5.74, 6) is 0. The minimum Gasteiger partial charge on any atom is -0.559 e. The van der Waals surface area contributed by atoms with E-state index in [0.29, 0.717) is 0 Å². The normalized spacial score (nSPS) is 17.2. The molecule has 0 atom stereocenters. The Labute approximate surface area is 35.3 Å². The van der Waals surface area contributed by atoms with E-state index >= 15 is 0 Å². The zero-order valence-corrected chi connectivity index (χ0v) is 3.46. The summed E-state index contributed by atoms with van der Waals surface area (Å²) in [5.41, 5.74) is 0. The summed E-state index contributed by atoms with van der Waals surface area (Å²) in [6, 6.07) is 0. The molecular weight excluding hydrogens is 87.0 g/mol. The molecule has 0 spiro atoms. The first-order valence-corrected chi connectivity index (χ1v) is 2.03. The predicted octanol–water partition coefficient (Wildman–Crippen LogP) is -0.313. The van der Waals surface area contributed by atoms with Crippen LogP contribution in [-0.2, 0) is 7.58 Å². The fourth-order valence-electron chi connectivity index (χ4n) is 0.0874. The first-order chi connectivity index (χ1) is 2.39. The van der Waals surface area contributed by atoms with Gasteiger partial charge in [-0.2, -0.15) is 0 Å². The molecule has 1 fully saturated rings. The third-order valence-corrected chi connectivity index (χ3v) is 0.866. The third kappa shape index (κ3) is 0.367. The monoisotopic (exact) mass is 87.0 g/mol. The molecule has 1 rings (SSSR count). The minimum atomic E-state index is -0.528. The molecule has 1 aliphatic heterocycles. The Hall–Kier alpha value is -0.198. The van der Waals surface area contributed by atoms with Gasteiger partial charge in [-0.15, -0.1) is 0 Å². The molecule has 0 amide bonds. The van der Waals surface area contributed by atoms with Crippen molar-refractivity contribution in [1.29, 1.82) is 0 Å². The van der Waals surface area contributed by atoms with E-state index in [1.807, 2.05) is 0 Å². The molecule has 1 radical (unpaired) electrons. The van der Waals surface area contributed by atoms with E-state index in [1.54, 1.807) is 0 Å². The van der Waals surface area contributed by atoms with Gasteiger partial charge in [0.15, 0.2) is 0 Å². The Morgan fingerprint density at radius 1 is 1.60 bits per heavy atom. The highest BCUT2D eigenvalue weighted by Crippen LogP contribution is 1.90. The molecule has 1 aliphatic rings. The molecule has 0 saturated carbocycles. The predicted molar refractivity (Wildman–Crippen MR) is 13.3 cm³/mol. The van der Waals surface area contributed by atoms with Crippen molar-refractivity contribution in [3.8, 4) is 0 Å². The van der Waals surface area contributed by atoms with Crippen molar-refractivity contribution in [2.75, 3.05) is 0 Å². The number of hydrogen-bond acceptors (Lipinski definition) is 3. The number of hydrogen-bond donors (Lipinski definition) is 0. The zero-order valence-electron chi connectivity index (χ0n) is 2.30. The standard InChI is InChI=1S/CH2O3.Al/c2-1(3)4;/h(H2,2,3,4);/q;+2/p-2. The molecule has 0 aromatic heterocycles. The average Bonchev–Trinajstić information content (AvgIpc) is 1.30. The van der Waals surface area contributed by atoms with E-state index in [-0.39, 0.29) is 0 Å². The van der Waals surface area contributed by atoms with E-state index in [4.69, 9.17) is 0 Å². The Balaban J connectivity index is 2.32. The van der Waals surface area contributed by atoms with E-state index in [0.717, 1.165) is 0 Å². The SMILES string of the molecule is O=C1[O][Al][O]1. The van der Waals surface area contributed by atoms with Gasteiger partial charge in [0.2, 0.25) is 0 Å². The molecule has 5 heavy (non-hydrogen) atoms. The van der Waals surface area contributed by atoms with Gasteiger partial charge >= 0.3 is 22.0 Å². The first-order valence-electron chi connectivity index (χ1n) is 1.08. The number of carbonyl (C=O) groups excluding carboxylic acids is 1. The van der Waals surface area contributed by atoms with Crippen molar-refractivity contribution < 1.29 is 12.4 Å². The average molecular weight is 87.0 g/mol. The number of carbonyl (C=O) groups is 1. The molecule has 0 bridgehead atoms. The van der Waals surface area contributed by atoms with E-state index in [2.05, 4.69) is 7.58 Å². The topological polar surface area (TPSA) is 35.5 Å². The molecule has 4 heteroatoms. The summed E-state index contributed by atoms with van der Waals surface area (Å²) < 4.78 is 8.31. The van der Waals surface area contributed by atoms with Crippen LogP contribution in [0.5, 0.6) is 0 Å². The molecule has 3 nitrogen and oxygen atoms in total. The fourth-order valence-corrected chi connectivity index (χ4v) is 0.262. The van der Waals surface area contributed by atoms with Gasteiger partial charge in [0.1, 0.15) is 0 Å². The lowest BCUT2D eigenvalue weighted by Gasteiger charge is -2.10. The van der Waals surface area contributed by atoms with Crippen LogP contribution in [0.3, 0.4) is 0 Å². The summed E-state index contributed by atoms with van der Waals surface area (Å²) in [7, 11) is 0. The summed E-state index contributed by atoms with van der Waals surface area (Å²) in [6.07, 6.45) is -0.528. The molecule has 0 aliphatic carbocycles.